The Morgan fingerprint density at radius 1 is 1.58 bits per heavy atom. The summed E-state index contributed by atoms with van der Waals surface area (Å²) in [7, 11) is 0. The van der Waals surface area contributed by atoms with Crippen molar-refractivity contribution in [3.05, 3.63) is 18.2 Å². The molecular weight excluding hydrogens is 178 g/mol. The maximum Gasteiger partial charge on any atom is 0.136 e. The number of rotatable bonds is 1. The fourth-order valence-electron chi connectivity index (χ4n) is 1.19. The summed E-state index contributed by atoms with van der Waals surface area (Å²) in [6.07, 6.45) is 3.67. The summed E-state index contributed by atoms with van der Waals surface area (Å²) in [6, 6.07) is 0. The molecule has 5 heteroatoms. The fourth-order valence-corrected chi connectivity index (χ4v) is 1.19. The van der Waals surface area contributed by atoms with Gasteiger partial charge in [-0.3, -0.25) is 0 Å². The molecule has 2 rings (SSSR count). The van der Waals surface area contributed by atoms with E-state index >= 15 is 0 Å². The van der Waals surface area contributed by atoms with Crippen molar-refractivity contribution in [3.63, 3.8) is 0 Å². The SMILES string of the molecule is Cl.c1c[nH]c([C@@H]2CNCCO2)n1. The minimum atomic E-state index is 0. The van der Waals surface area contributed by atoms with Gasteiger partial charge < -0.3 is 15.0 Å². The van der Waals surface area contributed by atoms with E-state index in [1.807, 2.05) is 6.20 Å². The monoisotopic (exact) mass is 189 g/mol. The van der Waals surface area contributed by atoms with Crippen molar-refractivity contribution in [2.24, 2.45) is 0 Å². The van der Waals surface area contributed by atoms with Crippen LogP contribution in [0.3, 0.4) is 0 Å². The second-order valence-electron chi connectivity index (χ2n) is 2.54. The van der Waals surface area contributed by atoms with Crippen molar-refractivity contribution >= 4 is 12.4 Å². The van der Waals surface area contributed by atoms with E-state index in [9.17, 15) is 0 Å². The van der Waals surface area contributed by atoms with Crippen LogP contribution in [0.4, 0.5) is 0 Å². The third-order valence-corrected chi connectivity index (χ3v) is 1.75. The molecule has 0 radical (unpaired) electrons. The molecule has 0 bridgehead atoms. The van der Waals surface area contributed by atoms with E-state index in [4.69, 9.17) is 4.74 Å². The number of ether oxygens (including phenoxy) is 1. The molecule has 1 saturated heterocycles. The van der Waals surface area contributed by atoms with Crippen molar-refractivity contribution in [2.75, 3.05) is 19.7 Å². The van der Waals surface area contributed by atoms with Gasteiger partial charge in [0.25, 0.3) is 0 Å². The van der Waals surface area contributed by atoms with Gasteiger partial charge in [0.2, 0.25) is 0 Å². The third-order valence-electron chi connectivity index (χ3n) is 1.75. The van der Waals surface area contributed by atoms with Crippen molar-refractivity contribution in [2.45, 2.75) is 6.10 Å². The molecule has 1 aliphatic heterocycles. The molecule has 4 nitrogen and oxygen atoms in total. The van der Waals surface area contributed by atoms with E-state index in [-0.39, 0.29) is 18.5 Å². The van der Waals surface area contributed by atoms with Crippen molar-refractivity contribution in [3.8, 4) is 0 Å². The normalized spacial score (nSPS) is 23.2. The molecule has 1 fully saturated rings. The zero-order chi connectivity index (χ0) is 7.52. The molecule has 12 heavy (non-hydrogen) atoms. The summed E-state index contributed by atoms with van der Waals surface area (Å²) >= 11 is 0. The van der Waals surface area contributed by atoms with E-state index in [0.29, 0.717) is 0 Å². The van der Waals surface area contributed by atoms with Gasteiger partial charge in [-0.05, 0) is 0 Å². The van der Waals surface area contributed by atoms with Crippen LogP contribution in [0.2, 0.25) is 0 Å². The second kappa shape index (κ2) is 4.45. The van der Waals surface area contributed by atoms with Gasteiger partial charge in [0.15, 0.2) is 0 Å². The maximum absolute atomic E-state index is 5.47. The summed E-state index contributed by atoms with van der Waals surface area (Å²) in [5.41, 5.74) is 0. The van der Waals surface area contributed by atoms with Crippen molar-refractivity contribution in [1.82, 2.24) is 15.3 Å². The highest BCUT2D eigenvalue weighted by atomic mass is 35.5. The Hall–Kier alpha value is -0.580. The molecule has 0 unspecified atom stereocenters. The van der Waals surface area contributed by atoms with E-state index in [2.05, 4.69) is 15.3 Å². The van der Waals surface area contributed by atoms with Gasteiger partial charge in [-0.25, -0.2) is 4.98 Å². The lowest BCUT2D eigenvalue weighted by molar-refractivity contribution is 0.0226. The first kappa shape index (κ1) is 9.51. The number of aromatic nitrogens is 2. The van der Waals surface area contributed by atoms with Crippen LogP contribution in [0.5, 0.6) is 0 Å². The minimum absolute atomic E-state index is 0. The summed E-state index contributed by atoms with van der Waals surface area (Å²) in [4.78, 5) is 7.15. The first-order valence-corrected chi connectivity index (χ1v) is 3.78. The van der Waals surface area contributed by atoms with Crippen molar-refractivity contribution in [1.29, 1.82) is 0 Å². The maximum atomic E-state index is 5.47. The molecule has 68 valence electrons. The number of hydrogen-bond donors (Lipinski definition) is 2. The second-order valence-corrected chi connectivity index (χ2v) is 2.54. The van der Waals surface area contributed by atoms with Gasteiger partial charge in [-0.15, -0.1) is 12.4 Å². The molecule has 0 saturated carbocycles. The Labute approximate surface area is 77.1 Å². The summed E-state index contributed by atoms with van der Waals surface area (Å²) in [5.74, 6) is 0.914. The topological polar surface area (TPSA) is 49.9 Å². The van der Waals surface area contributed by atoms with Gasteiger partial charge in [-0.1, -0.05) is 0 Å². The molecule has 2 N–H and O–H groups in total. The highest BCUT2D eigenvalue weighted by molar-refractivity contribution is 5.85. The van der Waals surface area contributed by atoms with Gasteiger partial charge in [0, 0.05) is 25.5 Å². The first-order valence-electron chi connectivity index (χ1n) is 3.78. The highest BCUT2D eigenvalue weighted by Crippen LogP contribution is 2.12. The summed E-state index contributed by atoms with van der Waals surface area (Å²) in [5, 5.41) is 3.24. The number of nitrogens with one attached hydrogen (secondary N) is 2. The Kier molecular flexibility index (Phi) is 3.52. The molecule has 0 spiro atoms. The Bertz CT molecular complexity index is 208. The number of imidazole rings is 1. The average molecular weight is 190 g/mol. The van der Waals surface area contributed by atoms with E-state index in [0.717, 1.165) is 25.5 Å². The van der Waals surface area contributed by atoms with Crippen LogP contribution in [-0.4, -0.2) is 29.7 Å². The standard InChI is InChI=1S/C7H11N3O.ClH/c1-2-10-7(9-1)6-5-8-3-4-11-6;/h1-2,6,8H,3-5H2,(H,9,10);1H/t6-;/m0./s1. The smallest absolute Gasteiger partial charge is 0.136 e. The number of morpholine rings is 1. The Morgan fingerprint density at radius 2 is 2.50 bits per heavy atom. The Balaban J connectivity index is 0.000000720. The summed E-state index contributed by atoms with van der Waals surface area (Å²) in [6.45, 7) is 2.57. The van der Waals surface area contributed by atoms with E-state index in [1.54, 1.807) is 6.20 Å². The summed E-state index contributed by atoms with van der Waals surface area (Å²) < 4.78 is 5.47. The quantitative estimate of drug-likeness (QED) is 0.676. The number of aromatic amines is 1. The van der Waals surface area contributed by atoms with E-state index < -0.39 is 0 Å². The van der Waals surface area contributed by atoms with Gasteiger partial charge in [0.05, 0.1) is 6.61 Å². The minimum Gasteiger partial charge on any atom is -0.368 e. The lowest BCUT2D eigenvalue weighted by Crippen LogP contribution is -2.33. The zero-order valence-electron chi connectivity index (χ0n) is 6.62. The van der Waals surface area contributed by atoms with Crippen LogP contribution in [-0.2, 0) is 4.74 Å². The molecule has 2 heterocycles. The van der Waals surface area contributed by atoms with Gasteiger partial charge >= 0.3 is 0 Å². The van der Waals surface area contributed by atoms with Crippen molar-refractivity contribution < 1.29 is 4.74 Å². The molecule has 1 aliphatic rings. The van der Waals surface area contributed by atoms with Crippen LogP contribution in [0, 0.1) is 0 Å². The molecule has 1 aromatic rings. The first-order chi connectivity index (χ1) is 5.47. The predicted octanol–water partition coefficient (Wildman–Crippen LogP) is 0.492. The molecule has 0 aliphatic carbocycles. The van der Waals surface area contributed by atoms with Gasteiger partial charge in [-0.2, -0.15) is 0 Å². The number of halogens is 1. The molecule has 1 aromatic heterocycles. The van der Waals surface area contributed by atoms with Gasteiger partial charge in [0.1, 0.15) is 11.9 Å². The molecule has 0 amide bonds. The highest BCUT2D eigenvalue weighted by Gasteiger charge is 2.16. The zero-order valence-corrected chi connectivity index (χ0v) is 7.43. The van der Waals surface area contributed by atoms with E-state index in [1.165, 1.54) is 0 Å². The lowest BCUT2D eigenvalue weighted by atomic mass is 10.3. The number of nitrogens with zero attached hydrogens (tertiary/aromatic N) is 1. The lowest BCUT2D eigenvalue weighted by Gasteiger charge is -2.21. The largest absolute Gasteiger partial charge is 0.368 e. The third kappa shape index (κ3) is 1.97. The molecule has 0 aromatic carbocycles. The van der Waals surface area contributed by atoms with Crippen LogP contribution in [0.15, 0.2) is 12.4 Å². The predicted molar refractivity (Wildman–Crippen MR) is 47.4 cm³/mol. The van der Waals surface area contributed by atoms with Crippen LogP contribution in [0.1, 0.15) is 11.9 Å². The molecular formula is C7H12ClN3O. The molecule has 1 atom stereocenters. The average Bonchev–Trinajstić information content (AvgIpc) is 2.58. The fraction of sp³-hybridized carbons (Fsp3) is 0.571. The Morgan fingerprint density at radius 3 is 3.08 bits per heavy atom. The van der Waals surface area contributed by atoms with Crippen LogP contribution in [0.25, 0.3) is 0 Å². The number of hydrogen-bond acceptors (Lipinski definition) is 3. The number of H-pyrrole nitrogens is 1. The van der Waals surface area contributed by atoms with Crippen LogP contribution >= 0.6 is 12.4 Å². The van der Waals surface area contributed by atoms with Crippen LogP contribution < -0.4 is 5.32 Å².